The molecule has 0 fully saturated rings. The first-order chi connectivity index (χ1) is 8.71. The Morgan fingerprint density at radius 3 is 2.16 bits per heavy atom. The highest BCUT2D eigenvalue weighted by Crippen LogP contribution is 2.36. The molecule has 0 bridgehead atoms. The molecule has 2 rings (SSSR count). The van der Waals surface area contributed by atoms with E-state index in [1.807, 2.05) is 19.1 Å². The second kappa shape index (κ2) is 4.37. The van der Waals surface area contributed by atoms with Crippen LogP contribution < -0.4 is 16.2 Å². The van der Waals surface area contributed by atoms with Crippen molar-refractivity contribution in [3.05, 3.63) is 49.7 Å². The van der Waals surface area contributed by atoms with E-state index in [-0.39, 0.29) is 11.5 Å². The van der Waals surface area contributed by atoms with Gasteiger partial charge in [0, 0.05) is 5.56 Å². The fourth-order valence-electron chi connectivity index (χ4n) is 2.15. The maximum atomic E-state index is 11.6. The summed E-state index contributed by atoms with van der Waals surface area (Å²) in [4.78, 5) is 22.8. The van der Waals surface area contributed by atoms with Crippen LogP contribution in [0.3, 0.4) is 0 Å². The minimum Gasteiger partial charge on any atom is -0.464 e. The molecule has 102 valence electrons. The van der Waals surface area contributed by atoms with E-state index in [9.17, 15) is 9.59 Å². The molecule has 19 heavy (non-hydrogen) atoms. The van der Waals surface area contributed by atoms with Gasteiger partial charge in [-0.25, -0.2) is 0 Å². The molecule has 1 aromatic heterocycles. The van der Waals surface area contributed by atoms with Crippen molar-refractivity contribution < 1.29 is 4.42 Å². The Hall–Kier alpha value is -1.84. The first-order valence-electron chi connectivity index (χ1n) is 6.34. The molecule has 4 heteroatoms. The molecule has 0 saturated carbocycles. The van der Waals surface area contributed by atoms with Crippen molar-refractivity contribution in [3.8, 4) is 0 Å². The third-order valence-electron chi connectivity index (χ3n) is 3.35. The average Bonchev–Trinajstić information content (AvgIpc) is 2.73. The summed E-state index contributed by atoms with van der Waals surface area (Å²) < 4.78 is 5.66. The highest BCUT2D eigenvalue weighted by atomic mass is 16.3. The lowest BCUT2D eigenvalue weighted by Gasteiger charge is -2.31. The standard InChI is InChI=1S/C15H19NO3/c1-8-6-7-10(19-8)14(15(3,4)5)16-11-9(2)12(17)13(11)18/h6-7,14,16H,1-5H3/t14-/m0/s1. The molecule has 0 spiro atoms. The van der Waals surface area contributed by atoms with Gasteiger partial charge in [-0.15, -0.1) is 0 Å². The van der Waals surface area contributed by atoms with Crippen molar-refractivity contribution >= 4 is 5.69 Å². The molecular weight excluding hydrogens is 242 g/mol. The average molecular weight is 261 g/mol. The number of nitrogens with one attached hydrogen (secondary N) is 1. The van der Waals surface area contributed by atoms with E-state index < -0.39 is 10.9 Å². The zero-order chi connectivity index (χ0) is 14.4. The van der Waals surface area contributed by atoms with Gasteiger partial charge in [-0.1, -0.05) is 20.8 Å². The summed E-state index contributed by atoms with van der Waals surface area (Å²) in [5.41, 5.74) is -0.0569. The Morgan fingerprint density at radius 2 is 1.74 bits per heavy atom. The SMILES string of the molecule is Cc1ccc([C@H](Nc2c(C)c(=O)c2=O)C(C)(C)C)o1. The largest absolute Gasteiger partial charge is 0.464 e. The lowest BCUT2D eigenvalue weighted by Crippen LogP contribution is -2.39. The van der Waals surface area contributed by atoms with Crippen molar-refractivity contribution in [3.63, 3.8) is 0 Å². The minimum absolute atomic E-state index is 0.142. The molecule has 0 radical (unpaired) electrons. The van der Waals surface area contributed by atoms with E-state index in [1.165, 1.54) is 0 Å². The molecule has 0 aliphatic heterocycles. The predicted octanol–water partition coefficient (Wildman–Crippen LogP) is 2.69. The van der Waals surface area contributed by atoms with Gasteiger partial charge in [0.25, 0.3) is 0 Å². The van der Waals surface area contributed by atoms with Crippen LogP contribution in [0.1, 0.15) is 43.9 Å². The third kappa shape index (κ3) is 2.35. The number of hydrogen-bond donors (Lipinski definition) is 1. The molecule has 0 aliphatic rings. The Labute approximate surface area is 112 Å². The van der Waals surface area contributed by atoms with Gasteiger partial charge in [0.15, 0.2) is 0 Å². The predicted molar refractivity (Wildman–Crippen MR) is 75.4 cm³/mol. The molecule has 0 saturated heterocycles. The van der Waals surface area contributed by atoms with Crippen molar-refractivity contribution in [1.29, 1.82) is 0 Å². The zero-order valence-electron chi connectivity index (χ0n) is 12.0. The van der Waals surface area contributed by atoms with Crippen LogP contribution in [0.15, 0.2) is 26.1 Å². The van der Waals surface area contributed by atoms with E-state index in [4.69, 9.17) is 4.42 Å². The van der Waals surface area contributed by atoms with E-state index in [2.05, 4.69) is 26.1 Å². The quantitative estimate of drug-likeness (QED) is 0.863. The molecule has 0 aliphatic carbocycles. The van der Waals surface area contributed by atoms with Crippen molar-refractivity contribution in [1.82, 2.24) is 0 Å². The second-order valence-corrected chi connectivity index (χ2v) is 6.05. The van der Waals surface area contributed by atoms with Crippen LogP contribution in [0, 0.1) is 19.3 Å². The maximum absolute atomic E-state index is 11.6. The zero-order valence-corrected chi connectivity index (χ0v) is 12.0. The van der Waals surface area contributed by atoms with E-state index in [0.717, 1.165) is 11.5 Å². The first kappa shape index (κ1) is 13.6. The van der Waals surface area contributed by atoms with Gasteiger partial charge in [-0.2, -0.15) is 0 Å². The molecule has 0 amide bonds. The van der Waals surface area contributed by atoms with Crippen molar-refractivity contribution in [2.24, 2.45) is 5.41 Å². The van der Waals surface area contributed by atoms with Crippen molar-refractivity contribution in [2.45, 2.75) is 40.7 Å². The molecule has 0 unspecified atom stereocenters. The molecule has 1 atom stereocenters. The van der Waals surface area contributed by atoms with Crippen LogP contribution in [0.4, 0.5) is 5.69 Å². The van der Waals surface area contributed by atoms with Crippen LogP contribution in [0.2, 0.25) is 0 Å². The summed E-state index contributed by atoms with van der Waals surface area (Å²) in [6, 6.07) is 3.65. The number of rotatable bonds is 3. The monoisotopic (exact) mass is 261 g/mol. The molecule has 4 nitrogen and oxygen atoms in total. The smallest absolute Gasteiger partial charge is 0.249 e. The summed E-state index contributed by atoms with van der Waals surface area (Å²) in [5.74, 6) is 1.60. The number of aryl methyl sites for hydroxylation is 1. The van der Waals surface area contributed by atoms with Gasteiger partial charge in [-0.3, -0.25) is 9.59 Å². The highest BCUT2D eigenvalue weighted by Gasteiger charge is 2.31. The van der Waals surface area contributed by atoms with Gasteiger partial charge >= 0.3 is 0 Å². The summed E-state index contributed by atoms with van der Waals surface area (Å²) >= 11 is 0. The van der Waals surface area contributed by atoms with Gasteiger partial charge < -0.3 is 9.73 Å². The molecule has 2 aromatic rings. The fourth-order valence-corrected chi connectivity index (χ4v) is 2.15. The number of anilines is 1. The van der Waals surface area contributed by atoms with Crippen LogP contribution in [-0.4, -0.2) is 0 Å². The van der Waals surface area contributed by atoms with E-state index >= 15 is 0 Å². The molecule has 1 aromatic carbocycles. The first-order valence-corrected chi connectivity index (χ1v) is 6.34. The lowest BCUT2D eigenvalue weighted by atomic mass is 9.84. The summed E-state index contributed by atoms with van der Waals surface area (Å²) in [5, 5.41) is 3.17. The number of furan rings is 1. The summed E-state index contributed by atoms with van der Waals surface area (Å²) in [6.07, 6.45) is 0. The minimum atomic E-state index is -0.435. The lowest BCUT2D eigenvalue weighted by molar-refractivity contribution is 0.300. The topological polar surface area (TPSA) is 59.3 Å². The van der Waals surface area contributed by atoms with Crippen LogP contribution in [-0.2, 0) is 0 Å². The second-order valence-electron chi connectivity index (χ2n) is 6.05. The summed E-state index contributed by atoms with van der Waals surface area (Å²) in [6.45, 7) is 9.72. The summed E-state index contributed by atoms with van der Waals surface area (Å²) in [7, 11) is 0. The Balaban J connectivity index is 2.36. The Bertz CT molecular complexity index is 666. The third-order valence-corrected chi connectivity index (χ3v) is 3.35. The van der Waals surface area contributed by atoms with Crippen LogP contribution >= 0.6 is 0 Å². The Morgan fingerprint density at radius 1 is 1.11 bits per heavy atom. The normalized spacial score (nSPS) is 13.7. The highest BCUT2D eigenvalue weighted by molar-refractivity contribution is 5.56. The number of hydrogen-bond acceptors (Lipinski definition) is 4. The van der Waals surface area contributed by atoms with Gasteiger partial charge in [0.05, 0.1) is 11.7 Å². The van der Waals surface area contributed by atoms with Gasteiger partial charge in [-0.05, 0) is 31.4 Å². The maximum Gasteiger partial charge on any atom is 0.249 e. The molecular formula is C15H19NO3. The van der Waals surface area contributed by atoms with Gasteiger partial charge in [0.1, 0.15) is 11.5 Å². The fraction of sp³-hybridized carbons (Fsp3) is 0.467. The molecule has 1 heterocycles. The van der Waals surface area contributed by atoms with Crippen molar-refractivity contribution in [2.75, 3.05) is 5.32 Å². The Kier molecular flexibility index (Phi) is 3.12. The van der Waals surface area contributed by atoms with Gasteiger partial charge in [0.2, 0.25) is 10.9 Å². The van der Waals surface area contributed by atoms with Crippen LogP contribution in [0.25, 0.3) is 0 Å². The van der Waals surface area contributed by atoms with E-state index in [1.54, 1.807) is 6.92 Å². The van der Waals surface area contributed by atoms with Crippen LogP contribution in [0.5, 0.6) is 0 Å². The molecule has 1 N–H and O–H groups in total. The van der Waals surface area contributed by atoms with E-state index in [0.29, 0.717) is 11.3 Å².